The molecule has 0 bridgehead atoms. The van der Waals surface area contributed by atoms with Crippen LogP contribution in [0.25, 0.3) is 0 Å². The Labute approximate surface area is 100 Å². The molecule has 0 amide bonds. The fourth-order valence-electron chi connectivity index (χ4n) is 2.22. The number of ether oxygens (including phenoxy) is 1. The number of aryl methyl sites for hydroxylation is 1. The Hall–Kier alpha value is -1.58. The van der Waals surface area contributed by atoms with E-state index < -0.39 is 5.97 Å². The van der Waals surface area contributed by atoms with E-state index in [4.69, 9.17) is 4.74 Å². The molecule has 0 fully saturated rings. The van der Waals surface area contributed by atoms with Crippen LogP contribution in [0.3, 0.4) is 0 Å². The molecule has 0 saturated heterocycles. The third kappa shape index (κ3) is 2.40. The zero-order valence-corrected chi connectivity index (χ0v) is 10.2. The monoisotopic (exact) mass is 235 g/mol. The van der Waals surface area contributed by atoms with Crippen molar-refractivity contribution in [3.05, 3.63) is 33.2 Å². The number of hydrogen-bond donors (Lipinski definition) is 1. The largest absolute Gasteiger partial charge is 0.459 e. The number of H-pyrrole nitrogens is 1. The fourth-order valence-corrected chi connectivity index (χ4v) is 2.22. The van der Waals surface area contributed by atoms with E-state index >= 15 is 0 Å². The van der Waals surface area contributed by atoms with Crippen LogP contribution in [-0.4, -0.2) is 17.1 Å². The van der Waals surface area contributed by atoms with Crippen LogP contribution in [0.5, 0.6) is 0 Å². The molecule has 1 heterocycles. The standard InChI is InChI=1S/C13H17NO3/c1-8(2)17-13(16)11-10-6-4-3-5-9(10)7-14-12(11)15/h7-8H,3-6H2,1-2H3,(H,14,15). The van der Waals surface area contributed by atoms with Gasteiger partial charge in [0.2, 0.25) is 0 Å². The van der Waals surface area contributed by atoms with Gasteiger partial charge < -0.3 is 9.72 Å². The van der Waals surface area contributed by atoms with Gasteiger partial charge in [-0.1, -0.05) is 0 Å². The number of aromatic amines is 1. The Morgan fingerprint density at radius 2 is 2.06 bits per heavy atom. The first-order valence-corrected chi connectivity index (χ1v) is 6.04. The van der Waals surface area contributed by atoms with Crippen molar-refractivity contribution in [2.45, 2.75) is 45.6 Å². The van der Waals surface area contributed by atoms with E-state index in [0.717, 1.165) is 36.8 Å². The van der Waals surface area contributed by atoms with Gasteiger partial charge in [-0.15, -0.1) is 0 Å². The van der Waals surface area contributed by atoms with Gasteiger partial charge in [-0.25, -0.2) is 4.79 Å². The number of nitrogens with one attached hydrogen (secondary N) is 1. The maximum absolute atomic E-state index is 11.9. The second-order valence-electron chi connectivity index (χ2n) is 4.66. The number of aromatic nitrogens is 1. The first-order chi connectivity index (χ1) is 8.09. The Morgan fingerprint density at radius 3 is 2.76 bits per heavy atom. The second kappa shape index (κ2) is 4.73. The lowest BCUT2D eigenvalue weighted by atomic mass is 9.90. The van der Waals surface area contributed by atoms with E-state index in [1.54, 1.807) is 20.0 Å². The molecule has 17 heavy (non-hydrogen) atoms. The van der Waals surface area contributed by atoms with Gasteiger partial charge in [0.15, 0.2) is 0 Å². The number of pyridine rings is 1. The van der Waals surface area contributed by atoms with Crippen LogP contribution in [0.2, 0.25) is 0 Å². The average Bonchev–Trinajstić information content (AvgIpc) is 2.27. The molecule has 1 aliphatic carbocycles. The first kappa shape index (κ1) is 11.9. The number of carbonyl (C=O) groups is 1. The van der Waals surface area contributed by atoms with E-state index in [1.165, 1.54) is 0 Å². The van der Waals surface area contributed by atoms with Gasteiger partial charge in [-0.2, -0.15) is 0 Å². The van der Waals surface area contributed by atoms with Crippen LogP contribution in [0.4, 0.5) is 0 Å². The summed E-state index contributed by atoms with van der Waals surface area (Å²) in [6, 6.07) is 0. The molecule has 0 radical (unpaired) electrons. The van der Waals surface area contributed by atoms with Gasteiger partial charge in [0, 0.05) is 6.20 Å². The lowest BCUT2D eigenvalue weighted by Gasteiger charge is -2.18. The predicted octanol–water partition coefficient (Wildman–Crippen LogP) is 1.82. The molecule has 92 valence electrons. The normalized spacial score (nSPS) is 14.5. The Balaban J connectivity index is 2.45. The minimum Gasteiger partial charge on any atom is -0.459 e. The highest BCUT2D eigenvalue weighted by atomic mass is 16.5. The van der Waals surface area contributed by atoms with Crippen molar-refractivity contribution in [1.29, 1.82) is 0 Å². The number of hydrogen-bond acceptors (Lipinski definition) is 3. The van der Waals surface area contributed by atoms with Crippen molar-refractivity contribution >= 4 is 5.97 Å². The summed E-state index contributed by atoms with van der Waals surface area (Å²) in [5, 5.41) is 0. The third-order valence-electron chi connectivity index (χ3n) is 2.96. The highest BCUT2D eigenvalue weighted by molar-refractivity contribution is 5.91. The lowest BCUT2D eigenvalue weighted by molar-refractivity contribution is 0.0374. The van der Waals surface area contributed by atoms with E-state index in [9.17, 15) is 9.59 Å². The maximum Gasteiger partial charge on any atom is 0.344 e. The third-order valence-corrected chi connectivity index (χ3v) is 2.96. The molecule has 0 atom stereocenters. The fraction of sp³-hybridized carbons (Fsp3) is 0.538. The summed E-state index contributed by atoms with van der Waals surface area (Å²) in [5.41, 5.74) is 1.82. The summed E-state index contributed by atoms with van der Waals surface area (Å²) in [5.74, 6) is -0.500. The van der Waals surface area contributed by atoms with Gasteiger partial charge in [0.1, 0.15) is 5.56 Å². The molecule has 4 nitrogen and oxygen atoms in total. The maximum atomic E-state index is 11.9. The predicted molar refractivity (Wildman–Crippen MR) is 64.3 cm³/mol. The van der Waals surface area contributed by atoms with Gasteiger partial charge in [-0.3, -0.25) is 4.79 Å². The zero-order valence-electron chi connectivity index (χ0n) is 10.2. The molecule has 1 N–H and O–H groups in total. The quantitative estimate of drug-likeness (QED) is 0.795. The number of carbonyl (C=O) groups excluding carboxylic acids is 1. The lowest BCUT2D eigenvalue weighted by Crippen LogP contribution is -2.26. The van der Waals surface area contributed by atoms with E-state index in [0.29, 0.717) is 0 Å². The summed E-state index contributed by atoms with van der Waals surface area (Å²) < 4.78 is 5.12. The molecule has 2 rings (SSSR count). The van der Waals surface area contributed by atoms with Crippen LogP contribution in [-0.2, 0) is 17.6 Å². The summed E-state index contributed by atoms with van der Waals surface area (Å²) in [6.45, 7) is 3.56. The SMILES string of the molecule is CC(C)OC(=O)c1c2c(c[nH]c1=O)CCCC2. The number of esters is 1. The molecule has 0 saturated carbocycles. The van der Waals surface area contributed by atoms with Crippen LogP contribution in [0, 0.1) is 0 Å². The van der Waals surface area contributed by atoms with Crippen molar-refractivity contribution in [3.8, 4) is 0 Å². The highest BCUT2D eigenvalue weighted by Crippen LogP contribution is 2.22. The summed E-state index contributed by atoms with van der Waals surface area (Å²) in [4.78, 5) is 26.3. The first-order valence-electron chi connectivity index (χ1n) is 6.04. The molecule has 4 heteroatoms. The van der Waals surface area contributed by atoms with Crippen LogP contribution in [0.15, 0.2) is 11.0 Å². The van der Waals surface area contributed by atoms with Crippen molar-refractivity contribution < 1.29 is 9.53 Å². The van der Waals surface area contributed by atoms with E-state index in [-0.39, 0.29) is 17.2 Å². The molecular formula is C13H17NO3. The average molecular weight is 235 g/mol. The van der Waals surface area contributed by atoms with Crippen molar-refractivity contribution in [2.75, 3.05) is 0 Å². The number of fused-ring (bicyclic) bond motifs is 1. The van der Waals surface area contributed by atoms with Crippen molar-refractivity contribution in [1.82, 2.24) is 4.98 Å². The zero-order chi connectivity index (χ0) is 12.4. The van der Waals surface area contributed by atoms with E-state index in [1.807, 2.05) is 0 Å². The second-order valence-corrected chi connectivity index (χ2v) is 4.66. The van der Waals surface area contributed by atoms with Gasteiger partial charge in [0.05, 0.1) is 6.10 Å². The molecule has 0 spiro atoms. The van der Waals surface area contributed by atoms with Gasteiger partial charge in [0.25, 0.3) is 5.56 Å². The van der Waals surface area contributed by atoms with Crippen LogP contribution < -0.4 is 5.56 Å². The molecule has 0 aromatic carbocycles. The molecule has 1 aliphatic rings. The van der Waals surface area contributed by atoms with Crippen molar-refractivity contribution in [2.24, 2.45) is 0 Å². The summed E-state index contributed by atoms with van der Waals surface area (Å²) in [7, 11) is 0. The molecule has 1 aromatic rings. The van der Waals surface area contributed by atoms with Crippen molar-refractivity contribution in [3.63, 3.8) is 0 Å². The minimum absolute atomic E-state index is 0.205. The molecule has 0 aliphatic heterocycles. The topological polar surface area (TPSA) is 59.2 Å². The molecule has 1 aromatic heterocycles. The van der Waals surface area contributed by atoms with E-state index in [2.05, 4.69) is 4.98 Å². The summed E-state index contributed by atoms with van der Waals surface area (Å²) >= 11 is 0. The van der Waals surface area contributed by atoms with Crippen LogP contribution >= 0.6 is 0 Å². The highest BCUT2D eigenvalue weighted by Gasteiger charge is 2.22. The van der Waals surface area contributed by atoms with Gasteiger partial charge >= 0.3 is 5.97 Å². The minimum atomic E-state index is -0.500. The Morgan fingerprint density at radius 1 is 1.35 bits per heavy atom. The smallest absolute Gasteiger partial charge is 0.344 e. The number of rotatable bonds is 2. The molecular weight excluding hydrogens is 218 g/mol. The Kier molecular flexibility index (Phi) is 3.31. The molecule has 0 unspecified atom stereocenters. The van der Waals surface area contributed by atoms with Crippen LogP contribution in [0.1, 0.15) is 48.2 Å². The van der Waals surface area contributed by atoms with Gasteiger partial charge in [-0.05, 0) is 50.7 Å². The summed E-state index contributed by atoms with van der Waals surface area (Å²) in [6.07, 6.45) is 5.37. The Bertz CT molecular complexity index is 488.